The molecular weight excluding hydrogens is 281 g/mol. The van der Waals surface area contributed by atoms with Crippen LogP contribution in [-0.2, 0) is 17.6 Å². The third-order valence-electron chi connectivity index (χ3n) is 3.87. The number of aromatic amines is 1. The first-order valence-electron chi connectivity index (χ1n) is 7.20. The van der Waals surface area contributed by atoms with E-state index in [0.29, 0.717) is 22.2 Å². The molecule has 0 unspecified atom stereocenters. The smallest absolute Gasteiger partial charge is 0.307 e. The van der Waals surface area contributed by atoms with Crippen molar-refractivity contribution in [3.8, 4) is 11.3 Å². The predicted molar refractivity (Wildman–Crippen MR) is 84.4 cm³/mol. The summed E-state index contributed by atoms with van der Waals surface area (Å²) in [5.41, 5.74) is 3.71. The third-order valence-corrected chi connectivity index (χ3v) is 3.87. The minimum absolute atomic E-state index is 0.145. The fourth-order valence-corrected chi connectivity index (χ4v) is 2.73. The lowest BCUT2D eigenvalue weighted by Crippen LogP contribution is -2.01. The van der Waals surface area contributed by atoms with Gasteiger partial charge in [-0.3, -0.25) is 4.79 Å². The Morgan fingerprint density at radius 1 is 1.18 bits per heavy atom. The number of hydrogen-bond acceptors (Lipinski definition) is 1. The second-order valence-corrected chi connectivity index (χ2v) is 5.26. The van der Waals surface area contributed by atoms with Crippen LogP contribution in [0.5, 0.6) is 0 Å². The number of halogens is 1. The minimum Gasteiger partial charge on any atom is -0.481 e. The van der Waals surface area contributed by atoms with E-state index in [1.807, 2.05) is 24.3 Å². The number of carbonyl (C=O) groups is 1. The Morgan fingerprint density at radius 2 is 1.91 bits per heavy atom. The molecule has 3 aromatic rings. The van der Waals surface area contributed by atoms with Crippen LogP contribution >= 0.6 is 0 Å². The molecule has 0 spiro atoms. The molecule has 0 saturated carbocycles. The van der Waals surface area contributed by atoms with E-state index in [1.165, 1.54) is 11.6 Å². The first-order chi connectivity index (χ1) is 10.6. The van der Waals surface area contributed by atoms with Gasteiger partial charge in [0.15, 0.2) is 0 Å². The maximum absolute atomic E-state index is 14.0. The standard InChI is InChI=1S/C18H16FNO2/c1-2-11-6-8-12(9-7-11)17-14(10-16(21)22)13-4-3-5-15(19)18(13)20-17/h3-9,20H,2,10H2,1H3,(H,21,22). The summed E-state index contributed by atoms with van der Waals surface area (Å²) in [5, 5.41) is 9.78. The summed E-state index contributed by atoms with van der Waals surface area (Å²) in [5.74, 6) is -1.31. The van der Waals surface area contributed by atoms with Crippen molar-refractivity contribution in [3.05, 3.63) is 59.4 Å². The lowest BCUT2D eigenvalue weighted by atomic mass is 10.0. The summed E-state index contributed by atoms with van der Waals surface area (Å²) in [4.78, 5) is 14.2. The number of benzene rings is 2. The Labute approximate surface area is 127 Å². The average Bonchev–Trinajstić information content (AvgIpc) is 2.87. The topological polar surface area (TPSA) is 53.1 Å². The molecule has 4 heteroatoms. The van der Waals surface area contributed by atoms with Crippen molar-refractivity contribution in [2.45, 2.75) is 19.8 Å². The Balaban J connectivity index is 2.22. The van der Waals surface area contributed by atoms with Crippen molar-refractivity contribution in [1.29, 1.82) is 0 Å². The number of aromatic nitrogens is 1. The molecule has 0 amide bonds. The van der Waals surface area contributed by atoms with E-state index in [4.69, 9.17) is 5.11 Å². The van der Waals surface area contributed by atoms with Gasteiger partial charge >= 0.3 is 5.97 Å². The molecule has 0 aliphatic rings. The maximum atomic E-state index is 14.0. The zero-order valence-electron chi connectivity index (χ0n) is 12.2. The molecule has 0 fully saturated rings. The molecule has 3 nitrogen and oxygen atoms in total. The van der Waals surface area contributed by atoms with Gasteiger partial charge in [-0.25, -0.2) is 4.39 Å². The molecule has 22 heavy (non-hydrogen) atoms. The van der Waals surface area contributed by atoms with Gasteiger partial charge < -0.3 is 10.1 Å². The molecule has 0 radical (unpaired) electrons. The number of aryl methyl sites for hydroxylation is 1. The van der Waals surface area contributed by atoms with Crippen LogP contribution in [0.2, 0.25) is 0 Å². The Hall–Kier alpha value is -2.62. The van der Waals surface area contributed by atoms with Gasteiger partial charge in [-0.15, -0.1) is 0 Å². The number of carboxylic acids is 1. The van der Waals surface area contributed by atoms with Crippen LogP contribution in [0.1, 0.15) is 18.1 Å². The Kier molecular flexibility index (Phi) is 3.67. The first kappa shape index (κ1) is 14.3. The summed E-state index contributed by atoms with van der Waals surface area (Å²) in [6.45, 7) is 2.07. The highest BCUT2D eigenvalue weighted by molar-refractivity contribution is 5.94. The molecule has 0 saturated heterocycles. The quantitative estimate of drug-likeness (QED) is 0.759. The molecule has 112 valence electrons. The summed E-state index contributed by atoms with van der Waals surface area (Å²) < 4.78 is 14.0. The van der Waals surface area contributed by atoms with Gasteiger partial charge in [-0.2, -0.15) is 0 Å². The van der Waals surface area contributed by atoms with Gasteiger partial charge in [0.2, 0.25) is 0 Å². The zero-order valence-corrected chi connectivity index (χ0v) is 12.2. The van der Waals surface area contributed by atoms with Crippen LogP contribution in [0.3, 0.4) is 0 Å². The van der Waals surface area contributed by atoms with E-state index in [-0.39, 0.29) is 12.2 Å². The van der Waals surface area contributed by atoms with Gasteiger partial charge in [0, 0.05) is 5.39 Å². The summed E-state index contributed by atoms with van der Waals surface area (Å²) in [6.07, 6.45) is 0.790. The number of para-hydroxylation sites is 1. The second-order valence-electron chi connectivity index (χ2n) is 5.26. The lowest BCUT2D eigenvalue weighted by molar-refractivity contribution is -0.136. The average molecular weight is 297 g/mol. The van der Waals surface area contributed by atoms with Gasteiger partial charge in [0.25, 0.3) is 0 Å². The van der Waals surface area contributed by atoms with E-state index in [1.54, 1.807) is 12.1 Å². The van der Waals surface area contributed by atoms with Gasteiger partial charge in [-0.05, 0) is 29.2 Å². The van der Waals surface area contributed by atoms with Crippen molar-refractivity contribution in [2.24, 2.45) is 0 Å². The number of hydrogen-bond donors (Lipinski definition) is 2. The fourth-order valence-electron chi connectivity index (χ4n) is 2.73. The number of fused-ring (bicyclic) bond motifs is 1. The van der Waals surface area contributed by atoms with E-state index < -0.39 is 5.97 Å². The van der Waals surface area contributed by atoms with Crippen LogP contribution in [0.25, 0.3) is 22.2 Å². The molecule has 1 aromatic heterocycles. The summed E-state index contributed by atoms with van der Waals surface area (Å²) in [7, 11) is 0. The Morgan fingerprint density at radius 3 is 2.55 bits per heavy atom. The van der Waals surface area contributed by atoms with E-state index in [0.717, 1.165) is 12.0 Å². The van der Waals surface area contributed by atoms with E-state index in [9.17, 15) is 9.18 Å². The Bertz CT molecular complexity index is 834. The third kappa shape index (κ3) is 2.48. The van der Waals surface area contributed by atoms with Gasteiger partial charge in [0.1, 0.15) is 5.82 Å². The number of aliphatic carboxylic acids is 1. The van der Waals surface area contributed by atoms with Gasteiger partial charge in [0.05, 0.1) is 17.6 Å². The van der Waals surface area contributed by atoms with Crippen LogP contribution in [0.4, 0.5) is 4.39 Å². The van der Waals surface area contributed by atoms with Crippen molar-refractivity contribution in [2.75, 3.05) is 0 Å². The van der Waals surface area contributed by atoms with Crippen molar-refractivity contribution < 1.29 is 14.3 Å². The van der Waals surface area contributed by atoms with E-state index in [2.05, 4.69) is 11.9 Å². The predicted octanol–water partition coefficient (Wildman–Crippen LogP) is 4.16. The molecule has 0 atom stereocenters. The summed E-state index contributed by atoms with van der Waals surface area (Å²) >= 11 is 0. The number of nitrogens with one attached hydrogen (secondary N) is 1. The highest BCUT2D eigenvalue weighted by Gasteiger charge is 2.17. The first-order valence-corrected chi connectivity index (χ1v) is 7.20. The molecule has 0 aliphatic carbocycles. The molecular formula is C18H16FNO2. The maximum Gasteiger partial charge on any atom is 0.307 e. The highest BCUT2D eigenvalue weighted by atomic mass is 19.1. The molecule has 2 N–H and O–H groups in total. The molecule has 3 rings (SSSR count). The highest BCUT2D eigenvalue weighted by Crippen LogP contribution is 2.32. The fraction of sp³-hybridized carbons (Fsp3) is 0.167. The van der Waals surface area contributed by atoms with Crippen LogP contribution in [0.15, 0.2) is 42.5 Å². The van der Waals surface area contributed by atoms with Crippen LogP contribution < -0.4 is 0 Å². The largest absolute Gasteiger partial charge is 0.481 e. The molecule has 2 aromatic carbocycles. The normalized spacial score (nSPS) is 11.0. The number of H-pyrrole nitrogens is 1. The monoisotopic (exact) mass is 297 g/mol. The van der Waals surface area contributed by atoms with Crippen molar-refractivity contribution in [3.63, 3.8) is 0 Å². The number of rotatable bonds is 4. The second kappa shape index (κ2) is 5.64. The minimum atomic E-state index is -0.934. The lowest BCUT2D eigenvalue weighted by Gasteiger charge is -2.04. The van der Waals surface area contributed by atoms with Gasteiger partial charge in [-0.1, -0.05) is 43.3 Å². The molecule has 0 bridgehead atoms. The molecule has 0 aliphatic heterocycles. The number of carboxylic acid groups (broad SMARTS) is 1. The SMILES string of the molecule is CCc1ccc(-c2[nH]c3c(F)cccc3c2CC(=O)O)cc1. The van der Waals surface area contributed by atoms with Crippen molar-refractivity contribution >= 4 is 16.9 Å². The van der Waals surface area contributed by atoms with Crippen LogP contribution in [0, 0.1) is 5.82 Å². The molecule has 1 heterocycles. The van der Waals surface area contributed by atoms with Crippen LogP contribution in [-0.4, -0.2) is 16.1 Å². The van der Waals surface area contributed by atoms with E-state index >= 15 is 0 Å². The summed E-state index contributed by atoms with van der Waals surface area (Å²) in [6, 6.07) is 12.6. The van der Waals surface area contributed by atoms with Crippen molar-refractivity contribution in [1.82, 2.24) is 4.98 Å². The zero-order chi connectivity index (χ0) is 15.7.